The summed E-state index contributed by atoms with van der Waals surface area (Å²) in [6.07, 6.45) is 3.96. The van der Waals surface area contributed by atoms with Crippen LogP contribution in [0.15, 0.2) is 91.0 Å². The van der Waals surface area contributed by atoms with Gasteiger partial charge in [0.05, 0.1) is 18.5 Å². The van der Waals surface area contributed by atoms with E-state index in [1.165, 1.54) is 0 Å². The number of hydrogen-bond acceptors (Lipinski definition) is 3. The van der Waals surface area contributed by atoms with E-state index >= 15 is 0 Å². The molecule has 0 saturated carbocycles. The van der Waals surface area contributed by atoms with Crippen LogP contribution in [0.2, 0.25) is 0 Å². The molecule has 0 aliphatic rings. The van der Waals surface area contributed by atoms with Gasteiger partial charge in [0, 0.05) is 11.1 Å². The number of ether oxygens (including phenoxy) is 1. The maximum absolute atomic E-state index is 5.21. The lowest BCUT2D eigenvalue weighted by atomic mass is 10.1. The number of hydrogen-bond donors (Lipinski definition) is 0. The maximum atomic E-state index is 5.21. The normalized spacial score (nSPS) is 10.9. The fourth-order valence-electron chi connectivity index (χ4n) is 2.94. The number of methoxy groups -OCH3 is 1. The van der Waals surface area contributed by atoms with Crippen molar-refractivity contribution in [1.82, 2.24) is 9.97 Å². The zero-order chi connectivity index (χ0) is 19.2. The summed E-state index contributed by atoms with van der Waals surface area (Å²) in [4.78, 5) is 9.51. The summed E-state index contributed by atoms with van der Waals surface area (Å²) in [5, 5.41) is 0. The highest BCUT2D eigenvalue weighted by molar-refractivity contribution is 5.72. The zero-order valence-electron chi connectivity index (χ0n) is 15.6. The van der Waals surface area contributed by atoms with E-state index in [0.29, 0.717) is 5.82 Å². The Kier molecular flexibility index (Phi) is 5.25. The molecular weight excluding hydrogens is 344 g/mol. The van der Waals surface area contributed by atoms with E-state index < -0.39 is 0 Å². The second-order valence-corrected chi connectivity index (χ2v) is 6.34. The fraction of sp³-hybridized carbons (Fsp3) is 0.0400. The van der Waals surface area contributed by atoms with Crippen molar-refractivity contribution in [3.8, 4) is 28.3 Å². The monoisotopic (exact) mass is 364 g/mol. The predicted octanol–water partition coefficient (Wildman–Crippen LogP) is 5.99. The van der Waals surface area contributed by atoms with Crippen LogP contribution in [-0.2, 0) is 0 Å². The summed E-state index contributed by atoms with van der Waals surface area (Å²) in [6.45, 7) is 0. The minimum atomic E-state index is 0.677. The summed E-state index contributed by atoms with van der Waals surface area (Å²) in [6, 6.07) is 30.3. The number of aromatic nitrogens is 2. The second-order valence-electron chi connectivity index (χ2n) is 6.34. The highest BCUT2D eigenvalue weighted by Gasteiger charge is 2.07. The highest BCUT2D eigenvalue weighted by Crippen LogP contribution is 2.24. The topological polar surface area (TPSA) is 35.0 Å². The van der Waals surface area contributed by atoms with Crippen molar-refractivity contribution in [2.75, 3.05) is 7.11 Å². The summed E-state index contributed by atoms with van der Waals surface area (Å²) >= 11 is 0. The first-order valence-corrected chi connectivity index (χ1v) is 9.14. The first-order valence-electron chi connectivity index (χ1n) is 9.14. The first kappa shape index (κ1) is 17.7. The molecule has 0 amide bonds. The van der Waals surface area contributed by atoms with Gasteiger partial charge in [-0.2, -0.15) is 0 Å². The molecule has 0 bridgehead atoms. The standard InChI is InChI=1S/C25H20N2O/c1-28-22-15-12-19(13-16-22)14-17-25-26-23(20-8-4-2-5-9-20)18-24(27-25)21-10-6-3-7-11-21/h2-18H,1H3/b17-14+. The lowest BCUT2D eigenvalue weighted by Crippen LogP contribution is -1.95. The van der Waals surface area contributed by atoms with Crippen LogP contribution in [-0.4, -0.2) is 17.1 Å². The van der Waals surface area contributed by atoms with Crippen molar-refractivity contribution in [2.24, 2.45) is 0 Å². The number of rotatable bonds is 5. The average molecular weight is 364 g/mol. The van der Waals surface area contributed by atoms with Crippen LogP contribution in [0.5, 0.6) is 5.75 Å². The molecule has 3 aromatic carbocycles. The van der Waals surface area contributed by atoms with Crippen molar-refractivity contribution in [3.05, 3.63) is 102 Å². The fourth-order valence-corrected chi connectivity index (χ4v) is 2.94. The Balaban J connectivity index is 1.74. The SMILES string of the molecule is COc1ccc(/C=C/c2nc(-c3ccccc3)cc(-c3ccccc3)n2)cc1. The van der Waals surface area contributed by atoms with Crippen LogP contribution in [0, 0.1) is 0 Å². The Morgan fingerprint density at radius 1 is 0.643 bits per heavy atom. The molecule has 0 aliphatic heterocycles. The second kappa shape index (κ2) is 8.31. The lowest BCUT2D eigenvalue weighted by Gasteiger charge is -2.07. The Hall–Kier alpha value is -3.72. The van der Waals surface area contributed by atoms with Gasteiger partial charge in [-0.3, -0.25) is 0 Å². The molecule has 0 radical (unpaired) electrons. The van der Waals surface area contributed by atoms with Crippen LogP contribution in [0.25, 0.3) is 34.7 Å². The van der Waals surface area contributed by atoms with E-state index in [0.717, 1.165) is 33.8 Å². The van der Waals surface area contributed by atoms with Crippen molar-refractivity contribution in [3.63, 3.8) is 0 Å². The van der Waals surface area contributed by atoms with Crippen LogP contribution < -0.4 is 4.74 Å². The third kappa shape index (κ3) is 4.15. The lowest BCUT2D eigenvalue weighted by molar-refractivity contribution is 0.415. The smallest absolute Gasteiger partial charge is 0.153 e. The van der Waals surface area contributed by atoms with Crippen LogP contribution in [0.3, 0.4) is 0 Å². The van der Waals surface area contributed by atoms with E-state index in [2.05, 4.69) is 24.3 Å². The summed E-state index contributed by atoms with van der Waals surface area (Å²) in [5.74, 6) is 1.52. The van der Waals surface area contributed by atoms with Gasteiger partial charge in [-0.15, -0.1) is 0 Å². The number of benzene rings is 3. The van der Waals surface area contributed by atoms with Gasteiger partial charge < -0.3 is 4.74 Å². The molecule has 1 aromatic heterocycles. The third-order valence-corrected chi connectivity index (χ3v) is 4.42. The maximum Gasteiger partial charge on any atom is 0.153 e. The molecular formula is C25H20N2O. The van der Waals surface area contributed by atoms with Gasteiger partial charge in [-0.25, -0.2) is 9.97 Å². The molecule has 136 valence electrons. The van der Waals surface area contributed by atoms with Crippen molar-refractivity contribution < 1.29 is 4.74 Å². The summed E-state index contributed by atoms with van der Waals surface area (Å²) in [5.41, 5.74) is 5.02. The molecule has 1 heterocycles. The van der Waals surface area contributed by atoms with Gasteiger partial charge in [-0.1, -0.05) is 78.9 Å². The van der Waals surface area contributed by atoms with E-state index in [9.17, 15) is 0 Å². The predicted molar refractivity (Wildman–Crippen MR) is 115 cm³/mol. The van der Waals surface area contributed by atoms with E-state index in [1.54, 1.807) is 7.11 Å². The van der Waals surface area contributed by atoms with Gasteiger partial charge in [-0.05, 0) is 29.8 Å². The molecule has 4 aromatic rings. The van der Waals surface area contributed by atoms with Gasteiger partial charge in [0.25, 0.3) is 0 Å². The van der Waals surface area contributed by atoms with E-state index in [-0.39, 0.29) is 0 Å². The quantitative estimate of drug-likeness (QED) is 0.436. The number of nitrogens with zero attached hydrogens (tertiary/aromatic N) is 2. The summed E-state index contributed by atoms with van der Waals surface area (Å²) in [7, 11) is 1.67. The molecule has 4 rings (SSSR count). The van der Waals surface area contributed by atoms with Gasteiger partial charge >= 0.3 is 0 Å². The minimum absolute atomic E-state index is 0.677. The molecule has 0 aliphatic carbocycles. The molecule has 0 saturated heterocycles. The molecule has 0 fully saturated rings. The Morgan fingerprint density at radius 3 is 1.68 bits per heavy atom. The molecule has 3 nitrogen and oxygen atoms in total. The Labute approximate surface area is 165 Å². The van der Waals surface area contributed by atoms with E-state index in [4.69, 9.17) is 14.7 Å². The largest absolute Gasteiger partial charge is 0.497 e. The molecule has 0 unspecified atom stereocenters. The van der Waals surface area contributed by atoms with Crippen molar-refractivity contribution >= 4 is 12.2 Å². The molecule has 0 atom stereocenters. The van der Waals surface area contributed by atoms with Crippen molar-refractivity contribution in [1.29, 1.82) is 0 Å². The highest BCUT2D eigenvalue weighted by atomic mass is 16.5. The molecule has 28 heavy (non-hydrogen) atoms. The third-order valence-electron chi connectivity index (χ3n) is 4.42. The Bertz CT molecular complexity index is 1010. The molecule has 0 N–H and O–H groups in total. The first-order chi connectivity index (χ1) is 13.8. The van der Waals surface area contributed by atoms with Crippen LogP contribution >= 0.6 is 0 Å². The van der Waals surface area contributed by atoms with E-state index in [1.807, 2.05) is 78.9 Å². The average Bonchev–Trinajstić information content (AvgIpc) is 2.79. The van der Waals surface area contributed by atoms with Crippen LogP contribution in [0.1, 0.15) is 11.4 Å². The van der Waals surface area contributed by atoms with Gasteiger partial charge in [0.2, 0.25) is 0 Å². The van der Waals surface area contributed by atoms with Gasteiger partial charge in [0.15, 0.2) is 5.82 Å². The molecule has 0 spiro atoms. The Morgan fingerprint density at radius 2 is 1.18 bits per heavy atom. The van der Waals surface area contributed by atoms with Crippen molar-refractivity contribution in [2.45, 2.75) is 0 Å². The minimum Gasteiger partial charge on any atom is -0.497 e. The van der Waals surface area contributed by atoms with Gasteiger partial charge in [0.1, 0.15) is 5.75 Å². The van der Waals surface area contributed by atoms with Crippen LogP contribution in [0.4, 0.5) is 0 Å². The summed E-state index contributed by atoms with van der Waals surface area (Å²) < 4.78 is 5.21. The zero-order valence-corrected chi connectivity index (χ0v) is 15.6. The molecule has 3 heteroatoms.